The standard InChI is InChI=1S/C18H23BrN2O3S/c1-21(2)10-4-9-20-18(22)13-5-7-15(16(11-13)23-3)24-12-14-6-8-17(19)25-14/h5-8,11H,4,9-10,12H2,1-3H3,(H,20,22). The number of rotatable bonds is 9. The van der Waals surface area contributed by atoms with Crippen LogP contribution in [0, 0.1) is 0 Å². The molecular formula is C18H23BrN2O3S. The molecule has 0 atom stereocenters. The van der Waals surface area contributed by atoms with E-state index in [1.807, 2.05) is 26.2 Å². The van der Waals surface area contributed by atoms with E-state index in [4.69, 9.17) is 9.47 Å². The van der Waals surface area contributed by atoms with Gasteiger partial charge in [-0.05, 0) is 73.3 Å². The second-order valence-corrected chi connectivity index (χ2v) is 8.32. The minimum atomic E-state index is -0.106. The number of hydrogen-bond acceptors (Lipinski definition) is 5. The number of halogens is 1. The fourth-order valence-corrected chi connectivity index (χ4v) is 3.60. The largest absolute Gasteiger partial charge is 0.493 e. The number of carbonyl (C=O) groups is 1. The molecule has 0 aliphatic rings. The van der Waals surface area contributed by atoms with Crippen molar-refractivity contribution in [2.45, 2.75) is 13.0 Å². The van der Waals surface area contributed by atoms with Gasteiger partial charge in [-0.2, -0.15) is 0 Å². The van der Waals surface area contributed by atoms with Crippen LogP contribution < -0.4 is 14.8 Å². The predicted octanol–water partition coefficient (Wildman–Crippen LogP) is 3.78. The third-order valence-electron chi connectivity index (χ3n) is 3.49. The molecule has 0 radical (unpaired) electrons. The summed E-state index contributed by atoms with van der Waals surface area (Å²) in [6, 6.07) is 9.24. The van der Waals surface area contributed by atoms with Gasteiger partial charge in [0.2, 0.25) is 0 Å². The first-order valence-electron chi connectivity index (χ1n) is 7.97. The van der Waals surface area contributed by atoms with Crippen molar-refractivity contribution in [3.05, 3.63) is 44.6 Å². The Hall–Kier alpha value is -1.57. The Morgan fingerprint density at radius 1 is 1.24 bits per heavy atom. The summed E-state index contributed by atoms with van der Waals surface area (Å²) in [6.07, 6.45) is 0.910. The quantitative estimate of drug-likeness (QED) is 0.619. The lowest BCUT2D eigenvalue weighted by Crippen LogP contribution is -2.27. The van der Waals surface area contributed by atoms with Crippen molar-refractivity contribution in [1.82, 2.24) is 10.2 Å². The summed E-state index contributed by atoms with van der Waals surface area (Å²) in [4.78, 5) is 15.4. The normalized spacial score (nSPS) is 10.8. The zero-order valence-corrected chi connectivity index (χ0v) is 17.1. The van der Waals surface area contributed by atoms with Crippen LogP contribution >= 0.6 is 27.3 Å². The van der Waals surface area contributed by atoms with Crippen LogP contribution in [0.25, 0.3) is 0 Å². The molecule has 0 fully saturated rings. The Balaban J connectivity index is 1.94. The lowest BCUT2D eigenvalue weighted by molar-refractivity contribution is 0.0952. The molecule has 0 saturated heterocycles. The van der Waals surface area contributed by atoms with Gasteiger partial charge >= 0.3 is 0 Å². The second kappa shape index (κ2) is 9.79. The Bertz CT molecular complexity index is 703. The van der Waals surface area contributed by atoms with E-state index in [9.17, 15) is 4.79 Å². The van der Waals surface area contributed by atoms with Crippen molar-refractivity contribution in [1.29, 1.82) is 0 Å². The van der Waals surface area contributed by atoms with Gasteiger partial charge in [-0.3, -0.25) is 4.79 Å². The molecule has 7 heteroatoms. The monoisotopic (exact) mass is 426 g/mol. The summed E-state index contributed by atoms with van der Waals surface area (Å²) < 4.78 is 12.3. The van der Waals surface area contributed by atoms with Crippen LogP contribution in [0.3, 0.4) is 0 Å². The lowest BCUT2D eigenvalue weighted by atomic mass is 10.2. The van der Waals surface area contributed by atoms with E-state index in [-0.39, 0.29) is 5.91 Å². The zero-order valence-electron chi connectivity index (χ0n) is 14.7. The third-order valence-corrected chi connectivity index (χ3v) is 5.09. The van der Waals surface area contributed by atoms with Crippen molar-refractivity contribution in [3.8, 4) is 11.5 Å². The number of benzene rings is 1. The van der Waals surface area contributed by atoms with Crippen LogP contribution in [-0.4, -0.2) is 45.1 Å². The predicted molar refractivity (Wildman–Crippen MR) is 105 cm³/mol. The lowest BCUT2D eigenvalue weighted by Gasteiger charge is -2.12. The van der Waals surface area contributed by atoms with Gasteiger partial charge in [0, 0.05) is 17.0 Å². The molecule has 0 saturated carbocycles. The maximum Gasteiger partial charge on any atom is 0.251 e. The summed E-state index contributed by atoms with van der Waals surface area (Å²) in [5.74, 6) is 1.07. The second-order valence-electron chi connectivity index (χ2n) is 5.77. The molecule has 136 valence electrons. The molecule has 1 aromatic heterocycles. The Kier molecular flexibility index (Phi) is 7.74. The maximum absolute atomic E-state index is 12.2. The van der Waals surface area contributed by atoms with Crippen LogP contribution in [-0.2, 0) is 6.61 Å². The first-order valence-corrected chi connectivity index (χ1v) is 9.58. The van der Waals surface area contributed by atoms with Crippen molar-refractivity contribution in [2.75, 3.05) is 34.3 Å². The number of amides is 1. The van der Waals surface area contributed by atoms with Gasteiger partial charge in [0.15, 0.2) is 11.5 Å². The van der Waals surface area contributed by atoms with Crippen molar-refractivity contribution >= 4 is 33.2 Å². The number of carbonyl (C=O) groups excluding carboxylic acids is 1. The van der Waals surface area contributed by atoms with E-state index < -0.39 is 0 Å². The number of hydrogen-bond donors (Lipinski definition) is 1. The molecule has 1 N–H and O–H groups in total. The highest BCUT2D eigenvalue weighted by Gasteiger charge is 2.11. The molecular weight excluding hydrogens is 404 g/mol. The molecule has 1 heterocycles. The fraction of sp³-hybridized carbons (Fsp3) is 0.389. The Morgan fingerprint density at radius 3 is 2.68 bits per heavy atom. The smallest absolute Gasteiger partial charge is 0.251 e. The van der Waals surface area contributed by atoms with Gasteiger partial charge in [-0.1, -0.05) is 0 Å². The highest BCUT2D eigenvalue weighted by atomic mass is 79.9. The average Bonchev–Trinajstić information content (AvgIpc) is 3.01. The summed E-state index contributed by atoms with van der Waals surface area (Å²) >= 11 is 5.06. The van der Waals surface area contributed by atoms with Crippen LogP contribution in [0.15, 0.2) is 34.1 Å². The number of ether oxygens (including phenoxy) is 2. The van der Waals surface area contributed by atoms with E-state index in [1.54, 1.807) is 36.6 Å². The van der Waals surface area contributed by atoms with Crippen LogP contribution in [0.2, 0.25) is 0 Å². The van der Waals surface area contributed by atoms with E-state index >= 15 is 0 Å². The van der Waals surface area contributed by atoms with Gasteiger partial charge in [-0.25, -0.2) is 0 Å². The van der Waals surface area contributed by atoms with Gasteiger partial charge in [0.25, 0.3) is 5.91 Å². The van der Waals surface area contributed by atoms with Crippen molar-refractivity contribution in [2.24, 2.45) is 0 Å². The molecule has 5 nitrogen and oxygen atoms in total. The zero-order chi connectivity index (χ0) is 18.2. The van der Waals surface area contributed by atoms with Crippen molar-refractivity contribution in [3.63, 3.8) is 0 Å². The highest BCUT2D eigenvalue weighted by molar-refractivity contribution is 9.11. The molecule has 1 aromatic carbocycles. The maximum atomic E-state index is 12.2. The van der Waals surface area contributed by atoms with Gasteiger partial charge in [0.05, 0.1) is 10.9 Å². The average molecular weight is 427 g/mol. The molecule has 0 spiro atoms. The Morgan fingerprint density at radius 2 is 2.04 bits per heavy atom. The summed E-state index contributed by atoms with van der Waals surface area (Å²) in [5, 5.41) is 2.92. The molecule has 2 aromatic rings. The number of thiophene rings is 1. The minimum Gasteiger partial charge on any atom is -0.493 e. The molecule has 1 amide bonds. The molecule has 25 heavy (non-hydrogen) atoms. The Labute approximate surface area is 161 Å². The molecule has 0 aliphatic carbocycles. The van der Waals surface area contributed by atoms with Gasteiger partial charge in [0.1, 0.15) is 6.61 Å². The summed E-state index contributed by atoms with van der Waals surface area (Å²) in [6.45, 7) is 2.04. The topological polar surface area (TPSA) is 50.8 Å². The first kappa shape index (κ1) is 19.8. The SMILES string of the molecule is COc1cc(C(=O)NCCCN(C)C)ccc1OCc1ccc(Br)s1. The number of methoxy groups -OCH3 is 1. The van der Waals surface area contributed by atoms with E-state index in [2.05, 4.69) is 26.1 Å². The molecule has 2 rings (SSSR count). The third kappa shape index (κ3) is 6.34. The van der Waals surface area contributed by atoms with Gasteiger partial charge < -0.3 is 19.7 Å². The minimum absolute atomic E-state index is 0.106. The van der Waals surface area contributed by atoms with E-state index in [0.717, 1.165) is 21.6 Å². The summed E-state index contributed by atoms with van der Waals surface area (Å²) in [5.41, 5.74) is 0.563. The number of nitrogens with zero attached hydrogens (tertiary/aromatic N) is 1. The molecule has 0 aliphatic heterocycles. The van der Waals surface area contributed by atoms with Crippen LogP contribution in [0.5, 0.6) is 11.5 Å². The van der Waals surface area contributed by atoms with Gasteiger partial charge in [-0.15, -0.1) is 11.3 Å². The summed E-state index contributed by atoms with van der Waals surface area (Å²) in [7, 11) is 5.60. The fourth-order valence-electron chi connectivity index (χ4n) is 2.21. The number of nitrogens with one attached hydrogen (secondary N) is 1. The van der Waals surface area contributed by atoms with Crippen LogP contribution in [0.4, 0.5) is 0 Å². The van der Waals surface area contributed by atoms with E-state index in [1.165, 1.54) is 0 Å². The first-order chi connectivity index (χ1) is 12.0. The van der Waals surface area contributed by atoms with Crippen molar-refractivity contribution < 1.29 is 14.3 Å². The highest BCUT2D eigenvalue weighted by Crippen LogP contribution is 2.30. The molecule has 0 bridgehead atoms. The molecule has 0 unspecified atom stereocenters. The van der Waals surface area contributed by atoms with E-state index in [0.29, 0.717) is 30.2 Å². The van der Waals surface area contributed by atoms with Crippen LogP contribution in [0.1, 0.15) is 21.7 Å².